The summed E-state index contributed by atoms with van der Waals surface area (Å²) in [6.45, 7) is 3.64. The van der Waals surface area contributed by atoms with E-state index in [-0.39, 0.29) is 11.8 Å². The maximum absolute atomic E-state index is 11.6. The van der Waals surface area contributed by atoms with Crippen LogP contribution >= 0.6 is 0 Å². The Balaban J connectivity index is 2.89. The van der Waals surface area contributed by atoms with Crippen LogP contribution in [0.3, 0.4) is 0 Å². The highest BCUT2D eigenvalue weighted by molar-refractivity contribution is 5.95. The van der Waals surface area contributed by atoms with Gasteiger partial charge in [0.15, 0.2) is 0 Å². The van der Waals surface area contributed by atoms with Crippen molar-refractivity contribution in [3.8, 4) is 0 Å². The first-order chi connectivity index (χ1) is 8.54. The van der Waals surface area contributed by atoms with E-state index in [1.807, 2.05) is 32.0 Å². The first-order valence-corrected chi connectivity index (χ1v) is 5.70. The Hall–Kier alpha value is -2.10. The number of anilines is 1. The normalized spacial score (nSPS) is 10.7. The monoisotopic (exact) mass is 247 g/mol. The smallest absolute Gasteiger partial charge is 0.330 e. The second-order valence-electron chi connectivity index (χ2n) is 4.09. The first-order valence-electron chi connectivity index (χ1n) is 5.70. The molecule has 0 bridgehead atoms. The van der Waals surface area contributed by atoms with Gasteiger partial charge in [-0.15, -0.1) is 0 Å². The fourth-order valence-electron chi connectivity index (χ4n) is 1.26. The summed E-state index contributed by atoms with van der Waals surface area (Å²) < 4.78 is 4.52. The minimum absolute atomic E-state index is 0.0612. The van der Waals surface area contributed by atoms with Crippen LogP contribution in [-0.4, -0.2) is 19.0 Å². The summed E-state index contributed by atoms with van der Waals surface area (Å²) in [6.07, 6.45) is 2.93. The highest BCUT2D eigenvalue weighted by atomic mass is 16.5. The minimum atomic E-state index is -0.431. The number of benzene rings is 1. The largest absolute Gasteiger partial charge is 0.466 e. The van der Waals surface area contributed by atoms with E-state index >= 15 is 0 Å². The molecule has 1 aromatic rings. The Labute approximate surface area is 107 Å². The van der Waals surface area contributed by atoms with Gasteiger partial charge in [-0.05, 0) is 17.7 Å². The number of rotatable bonds is 4. The molecule has 0 spiro atoms. The summed E-state index contributed by atoms with van der Waals surface area (Å²) in [5.74, 6) is -0.587. The molecular formula is C14H17NO3. The van der Waals surface area contributed by atoms with E-state index in [1.54, 1.807) is 12.1 Å². The summed E-state index contributed by atoms with van der Waals surface area (Å²) in [5.41, 5.74) is 1.44. The number of esters is 1. The van der Waals surface area contributed by atoms with E-state index < -0.39 is 5.97 Å². The van der Waals surface area contributed by atoms with Gasteiger partial charge in [0.2, 0.25) is 5.91 Å². The van der Waals surface area contributed by atoms with Crippen LogP contribution in [0, 0.1) is 5.92 Å². The third-order valence-corrected chi connectivity index (χ3v) is 2.34. The molecule has 0 saturated carbocycles. The summed E-state index contributed by atoms with van der Waals surface area (Å²) in [6, 6.07) is 7.26. The predicted octanol–water partition coefficient (Wildman–Crippen LogP) is 2.47. The number of para-hydroxylation sites is 1. The zero-order valence-electron chi connectivity index (χ0n) is 10.8. The van der Waals surface area contributed by atoms with Crippen molar-refractivity contribution in [2.45, 2.75) is 13.8 Å². The van der Waals surface area contributed by atoms with Gasteiger partial charge in [0.05, 0.1) is 7.11 Å². The molecule has 0 aliphatic heterocycles. The fourth-order valence-corrected chi connectivity index (χ4v) is 1.26. The lowest BCUT2D eigenvalue weighted by Gasteiger charge is -2.10. The van der Waals surface area contributed by atoms with Crippen molar-refractivity contribution >= 4 is 23.6 Å². The van der Waals surface area contributed by atoms with Crippen molar-refractivity contribution in [1.29, 1.82) is 0 Å². The molecule has 18 heavy (non-hydrogen) atoms. The average molecular weight is 247 g/mol. The van der Waals surface area contributed by atoms with Crippen molar-refractivity contribution in [2.24, 2.45) is 5.92 Å². The van der Waals surface area contributed by atoms with E-state index in [0.717, 1.165) is 5.56 Å². The van der Waals surface area contributed by atoms with Gasteiger partial charge in [0.25, 0.3) is 0 Å². The fraction of sp³-hybridized carbons (Fsp3) is 0.286. The minimum Gasteiger partial charge on any atom is -0.466 e. The van der Waals surface area contributed by atoms with Crippen LogP contribution < -0.4 is 5.32 Å². The van der Waals surface area contributed by atoms with Crippen molar-refractivity contribution in [3.63, 3.8) is 0 Å². The molecule has 0 atom stereocenters. The average Bonchev–Trinajstić information content (AvgIpc) is 2.37. The molecule has 96 valence electrons. The summed E-state index contributed by atoms with van der Waals surface area (Å²) >= 11 is 0. The maximum Gasteiger partial charge on any atom is 0.330 e. The summed E-state index contributed by atoms with van der Waals surface area (Å²) in [5, 5.41) is 2.81. The molecule has 4 nitrogen and oxygen atoms in total. The Morgan fingerprint density at radius 1 is 1.28 bits per heavy atom. The third kappa shape index (κ3) is 4.05. The zero-order valence-corrected chi connectivity index (χ0v) is 10.8. The second kappa shape index (κ2) is 6.59. The topological polar surface area (TPSA) is 55.4 Å². The molecule has 0 radical (unpaired) electrons. The third-order valence-electron chi connectivity index (χ3n) is 2.34. The lowest BCUT2D eigenvalue weighted by atomic mass is 10.1. The van der Waals surface area contributed by atoms with Gasteiger partial charge >= 0.3 is 5.97 Å². The van der Waals surface area contributed by atoms with Crippen LogP contribution in [0.1, 0.15) is 19.4 Å². The van der Waals surface area contributed by atoms with Crippen molar-refractivity contribution in [3.05, 3.63) is 35.9 Å². The van der Waals surface area contributed by atoms with Gasteiger partial charge in [-0.25, -0.2) is 4.79 Å². The standard InChI is InChI=1S/C14H17NO3/c1-10(2)14(17)15-12-7-5-4-6-11(12)8-9-13(16)18-3/h4-10H,1-3H3,(H,15,17)/b9-8+. The molecule has 1 aromatic carbocycles. The van der Waals surface area contributed by atoms with Gasteiger partial charge < -0.3 is 10.1 Å². The molecule has 4 heteroatoms. The van der Waals surface area contributed by atoms with E-state index in [2.05, 4.69) is 10.1 Å². The highest BCUT2D eigenvalue weighted by Gasteiger charge is 2.08. The summed E-state index contributed by atoms with van der Waals surface area (Å²) in [7, 11) is 1.32. The number of methoxy groups -OCH3 is 1. The van der Waals surface area contributed by atoms with Gasteiger partial charge in [-0.1, -0.05) is 32.0 Å². The van der Waals surface area contributed by atoms with Gasteiger partial charge in [0.1, 0.15) is 0 Å². The first kappa shape index (κ1) is 14.0. The lowest BCUT2D eigenvalue weighted by molar-refractivity contribution is -0.134. The Bertz CT molecular complexity index is 464. The van der Waals surface area contributed by atoms with Crippen LogP contribution in [0.2, 0.25) is 0 Å². The molecule has 1 N–H and O–H groups in total. The predicted molar refractivity (Wildman–Crippen MR) is 71.0 cm³/mol. The molecule has 0 aliphatic carbocycles. The molecule has 0 aliphatic rings. The van der Waals surface area contributed by atoms with Crippen molar-refractivity contribution in [1.82, 2.24) is 0 Å². The van der Waals surface area contributed by atoms with E-state index in [1.165, 1.54) is 13.2 Å². The molecule has 0 heterocycles. The van der Waals surface area contributed by atoms with Crippen LogP contribution in [-0.2, 0) is 14.3 Å². The van der Waals surface area contributed by atoms with E-state index in [0.29, 0.717) is 5.69 Å². The number of hydrogen-bond donors (Lipinski definition) is 1. The molecular weight excluding hydrogens is 230 g/mol. The van der Waals surface area contributed by atoms with Crippen molar-refractivity contribution in [2.75, 3.05) is 12.4 Å². The molecule has 0 saturated heterocycles. The molecule has 1 amide bonds. The van der Waals surface area contributed by atoms with Gasteiger partial charge in [0, 0.05) is 17.7 Å². The van der Waals surface area contributed by atoms with E-state index in [9.17, 15) is 9.59 Å². The number of carbonyl (C=O) groups excluding carboxylic acids is 2. The van der Waals surface area contributed by atoms with Gasteiger partial charge in [-0.3, -0.25) is 4.79 Å². The van der Waals surface area contributed by atoms with Crippen LogP contribution in [0.4, 0.5) is 5.69 Å². The quantitative estimate of drug-likeness (QED) is 0.657. The number of ether oxygens (including phenoxy) is 1. The second-order valence-corrected chi connectivity index (χ2v) is 4.09. The van der Waals surface area contributed by atoms with Crippen LogP contribution in [0.15, 0.2) is 30.3 Å². The zero-order chi connectivity index (χ0) is 13.5. The van der Waals surface area contributed by atoms with E-state index in [4.69, 9.17) is 0 Å². The summed E-state index contributed by atoms with van der Waals surface area (Å²) in [4.78, 5) is 22.7. The molecule has 0 aromatic heterocycles. The number of amides is 1. The molecule has 0 unspecified atom stereocenters. The molecule has 1 rings (SSSR count). The van der Waals surface area contributed by atoms with Crippen LogP contribution in [0.5, 0.6) is 0 Å². The van der Waals surface area contributed by atoms with Gasteiger partial charge in [-0.2, -0.15) is 0 Å². The maximum atomic E-state index is 11.6. The Kier molecular flexibility index (Phi) is 5.11. The highest BCUT2D eigenvalue weighted by Crippen LogP contribution is 2.17. The number of nitrogens with one attached hydrogen (secondary N) is 1. The van der Waals surface area contributed by atoms with Crippen molar-refractivity contribution < 1.29 is 14.3 Å². The Morgan fingerprint density at radius 3 is 2.56 bits per heavy atom. The molecule has 0 fully saturated rings. The number of carbonyl (C=O) groups is 2. The SMILES string of the molecule is COC(=O)/C=C/c1ccccc1NC(=O)C(C)C. The lowest BCUT2D eigenvalue weighted by Crippen LogP contribution is -2.18. The Morgan fingerprint density at radius 2 is 1.94 bits per heavy atom. The number of hydrogen-bond acceptors (Lipinski definition) is 3. The van der Waals surface area contributed by atoms with Crippen LogP contribution in [0.25, 0.3) is 6.08 Å².